The van der Waals surface area contributed by atoms with Crippen molar-refractivity contribution in [2.24, 2.45) is 5.11 Å². The first-order chi connectivity index (χ1) is 22.0. The number of azide groups is 1. The second-order valence-corrected chi connectivity index (χ2v) is 15.1. The Morgan fingerprint density at radius 2 is 1.30 bits per heavy atom. The molecule has 0 radical (unpaired) electrons. The van der Waals surface area contributed by atoms with Crippen LogP contribution in [0.4, 0.5) is 4.39 Å². The van der Waals surface area contributed by atoms with Gasteiger partial charge in [-0.05, 0) is 105 Å². The van der Waals surface area contributed by atoms with Crippen LogP contribution in [0.15, 0.2) is 38.8 Å². The Balaban J connectivity index is 0.000000760. The molecule has 0 spiro atoms. The summed E-state index contributed by atoms with van der Waals surface area (Å²) in [7, 11) is -4.31. The summed E-state index contributed by atoms with van der Waals surface area (Å²) in [5.41, 5.74) is 26.8. The van der Waals surface area contributed by atoms with Gasteiger partial charge in [-0.2, -0.15) is 8.42 Å². The third-order valence-electron chi connectivity index (χ3n) is 5.70. The van der Waals surface area contributed by atoms with Gasteiger partial charge in [-0.3, -0.25) is 13.5 Å². The van der Waals surface area contributed by atoms with E-state index in [4.69, 9.17) is 22.1 Å². The number of halogens is 1. The van der Waals surface area contributed by atoms with E-state index in [9.17, 15) is 12.8 Å². The van der Waals surface area contributed by atoms with E-state index in [1.54, 1.807) is 45.3 Å². The topological polar surface area (TPSA) is 177 Å². The molecule has 4 rings (SSSR count). The molecule has 0 unspecified atom stereocenters. The molecule has 0 aliphatic rings. The summed E-state index contributed by atoms with van der Waals surface area (Å²) in [5, 5.41) is 14.5. The first kappa shape index (κ1) is 42.1. The Hall–Kier alpha value is -1.88. The monoisotopic (exact) mass is 737 g/mol. The van der Waals surface area contributed by atoms with E-state index in [1.807, 2.05) is 13.8 Å². The molecule has 0 saturated heterocycles. The molecule has 0 aliphatic carbocycles. The van der Waals surface area contributed by atoms with Gasteiger partial charge in [0.2, 0.25) is 0 Å². The largest absolute Gasteiger partial charge is 1.00 e. The smallest absolute Gasteiger partial charge is 0.373 e. The molecule has 11 nitrogen and oxygen atoms in total. The van der Waals surface area contributed by atoms with Crippen molar-refractivity contribution in [1.29, 1.82) is 0 Å². The second kappa shape index (κ2) is 26.1. The molecule has 46 heavy (non-hydrogen) atoms. The Bertz CT molecular complexity index is 1600. The summed E-state index contributed by atoms with van der Waals surface area (Å²) >= 11 is 6.92. The maximum Gasteiger partial charge on any atom is 1.00 e. The normalized spacial score (nSPS) is 10.3. The van der Waals surface area contributed by atoms with Gasteiger partial charge in [-0.1, -0.05) is 5.11 Å². The van der Waals surface area contributed by atoms with Crippen LogP contribution >= 0.6 is 45.3 Å². The van der Waals surface area contributed by atoms with Crippen molar-refractivity contribution in [3.8, 4) is 0 Å². The van der Waals surface area contributed by atoms with Crippen LogP contribution in [0, 0.1) is 13.8 Å². The van der Waals surface area contributed by atoms with Gasteiger partial charge in [0.05, 0.1) is 42.8 Å². The van der Waals surface area contributed by atoms with Crippen LogP contribution in [0.25, 0.3) is 26.4 Å². The summed E-state index contributed by atoms with van der Waals surface area (Å²) in [4.78, 5) is 15.8. The fourth-order valence-electron chi connectivity index (χ4n) is 3.79. The Morgan fingerprint density at radius 1 is 0.848 bits per heavy atom. The summed E-state index contributed by atoms with van der Waals surface area (Å²) in [6.07, 6.45) is 8.62. The maximum atomic E-state index is 10.8. The van der Waals surface area contributed by atoms with Gasteiger partial charge in [-0.25, -0.2) is 9.97 Å². The van der Waals surface area contributed by atoms with E-state index in [2.05, 4.69) is 53.6 Å². The molecule has 0 aromatic carbocycles. The number of aryl methyl sites for hydroxylation is 8. The third kappa shape index (κ3) is 21.1. The van der Waals surface area contributed by atoms with Crippen molar-refractivity contribution in [1.82, 2.24) is 9.97 Å². The minimum Gasteiger partial charge on any atom is -0.373 e. The Kier molecular flexibility index (Phi) is 23.9. The van der Waals surface area contributed by atoms with Crippen molar-refractivity contribution in [2.75, 3.05) is 26.6 Å². The van der Waals surface area contributed by atoms with Crippen LogP contribution in [0.5, 0.6) is 0 Å². The third-order valence-corrected chi connectivity index (χ3v) is 10.0. The van der Waals surface area contributed by atoms with Crippen molar-refractivity contribution >= 4 is 55.5 Å². The van der Waals surface area contributed by atoms with Gasteiger partial charge in [0.25, 0.3) is 10.1 Å². The predicted molar refractivity (Wildman–Crippen MR) is 186 cm³/mol. The fourth-order valence-corrected chi connectivity index (χ4v) is 7.45. The fraction of sp³-hybridized carbons (Fsp3) is 0.500. The number of hydrogen-bond acceptors (Lipinski definition) is 10. The van der Waals surface area contributed by atoms with Gasteiger partial charge in [0, 0.05) is 32.0 Å². The van der Waals surface area contributed by atoms with E-state index in [-0.39, 0.29) is 36.2 Å². The molecular weight excluding hydrogens is 699 g/mol. The van der Waals surface area contributed by atoms with Gasteiger partial charge in [-0.15, -0.1) is 45.3 Å². The standard InChI is InChI=1S/C14H19NO3S3.C13H16N4S2.CH3F.N3.Na/c1-11-15-13(10-19-11)6-5-12-8-14(20-9-12)4-3-7-18-21(2,16)17;1-10-16-12(9-18-10)5-4-11-7-13(19-8-11)3-2-6-15-17-14;1-2;1-3-2;/h8-10H,3-7H2,1-2H3;7-9H,2-6H2,1H3;1H3;;/q;;;-1;+1/i;;1D;;. The van der Waals surface area contributed by atoms with Crippen molar-refractivity contribution < 1.29 is 47.9 Å². The summed E-state index contributed by atoms with van der Waals surface area (Å²) < 4.78 is 41.9. The molecule has 18 heteroatoms. The summed E-state index contributed by atoms with van der Waals surface area (Å²) in [6.45, 7) is 4.90. The van der Waals surface area contributed by atoms with Gasteiger partial charge >= 0.3 is 29.6 Å². The van der Waals surface area contributed by atoms with Crippen LogP contribution in [0.1, 0.15) is 56.5 Å². The van der Waals surface area contributed by atoms with E-state index in [1.165, 1.54) is 31.5 Å². The van der Waals surface area contributed by atoms with E-state index in [0.717, 1.165) is 73.3 Å². The molecule has 0 saturated carbocycles. The van der Waals surface area contributed by atoms with Crippen molar-refractivity contribution in [3.05, 3.63) is 102 Å². The predicted octanol–water partition coefficient (Wildman–Crippen LogP) is 6.20. The summed E-state index contributed by atoms with van der Waals surface area (Å²) in [5.74, 6) is 0. The quantitative estimate of drug-likeness (QED) is 0.0352. The van der Waals surface area contributed by atoms with Gasteiger partial charge in [0.15, 0.2) is 0 Å². The van der Waals surface area contributed by atoms with E-state index < -0.39 is 17.3 Å². The maximum absolute atomic E-state index is 10.8. The van der Waals surface area contributed by atoms with E-state index >= 15 is 0 Å². The van der Waals surface area contributed by atoms with Crippen LogP contribution in [0.2, 0.25) is 0 Å². The van der Waals surface area contributed by atoms with Gasteiger partial charge in [0.1, 0.15) is 0 Å². The number of aromatic nitrogens is 2. The zero-order valence-corrected chi connectivity index (χ0v) is 32.5. The molecule has 4 aromatic rings. The average Bonchev–Trinajstić information content (AvgIpc) is 3.81. The van der Waals surface area contributed by atoms with Crippen LogP contribution in [-0.4, -0.2) is 44.9 Å². The minimum absolute atomic E-state index is 0. The van der Waals surface area contributed by atoms with Crippen LogP contribution < -0.4 is 29.6 Å². The van der Waals surface area contributed by atoms with Crippen LogP contribution in [0.3, 0.4) is 0 Å². The zero-order valence-electron chi connectivity index (χ0n) is 27.5. The number of alkyl halides is 1. The van der Waals surface area contributed by atoms with Crippen molar-refractivity contribution in [2.45, 2.75) is 65.2 Å². The molecule has 0 aliphatic heterocycles. The van der Waals surface area contributed by atoms with E-state index in [0.29, 0.717) is 6.54 Å². The number of thiophene rings is 2. The number of nitrogens with zero attached hydrogens (tertiary/aromatic N) is 8. The molecule has 0 fully saturated rings. The zero-order chi connectivity index (χ0) is 34.2. The Morgan fingerprint density at radius 3 is 1.70 bits per heavy atom. The molecule has 0 atom stereocenters. The molecule has 4 aromatic heterocycles. The first-order valence-corrected chi connectivity index (χ1v) is 19.0. The molecule has 0 N–H and O–H groups in total. The molecule has 246 valence electrons. The number of hydrogen-bond donors (Lipinski definition) is 0. The summed E-state index contributed by atoms with van der Waals surface area (Å²) in [6, 6.07) is 4.46. The molecule has 4 heterocycles. The van der Waals surface area contributed by atoms with Crippen LogP contribution in [-0.2, 0) is 52.8 Å². The van der Waals surface area contributed by atoms with Crippen molar-refractivity contribution in [3.63, 3.8) is 0 Å². The second-order valence-electron chi connectivity index (χ2n) is 9.34. The van der Waals surface area contributed by atoms with Gasteiger partial charge < -0.3 is 11.1 Å². The minimum atomic E-state index is -3.31. The first-order valence-electron chi connectivity index (χ1n) is 14.4. The Labute approximate surface area is 310 Å². The molecular formula is C28H38FN8NaO3S5. The number of thiazole rings is 2. The molecule has 0 amide bonds. The molecule has 0 bridgehead atoms. The average molecular weight is 738 g/mol. The number of rotatable bonds is 15. The SMILES string of the molecule is Cc1nc(CCc2csc(CCCN=[N+]=[N-])c2)cs1.Cc1nc(CCc2csc(CCCOS(C)(=O)=O)c2)cs1.[2H]CF.[N-]=[N+]=[N-].[Na+].